The number of Topliss-reactive ketones (excluding diaryl/α,β-unsaturated/α-hetero) is 1. The molecule has 18 heavy (non-hydrogen) atoms. The topological polar surface area (TPSA) is 34.9 Å². The molecule has 0 atom stereocenters. The van der Waals surface area contributed by atoms with Crippen LogP contribution in [-0.4, -0.2) is 21.1 Å². The Morgan fingerprint density at radius 3 is 2.61 bits per heavy atom. The Morgan fingerprint density at radius 2 is 2.06 bits per heavy atom. The molecule has 1 aromatic heterocycles. The van der Waals surface area contributed by atoms with Crippen LogP contribution >= 0.6 is 11.8 Å². The number of aromatic nitrogens is 2. The fraction of sp³-hybridized carbons (Fsp3) is 0.286. The zero-order chi connectivity index (χ0) is 13.0. The zero-order valence-corrected chi connectivity index (χ0v) is 11.4. The predicted molar refractivity (Wildman–Crippen MR) is 74.1 cm³/mol. The van der Waals surface area contributed by atoms with Crippen molar-refractivity contribution in [2.45, 2.75) is 18.2 Å². The van der Waals surface area contributed by atoms with Crippen LogP contribution in [0.2, 0.25) is 0 Å². The van der Waals surface area contributed by atoms with E-state index in [0.29, 0.717) is 6.42 Å². The molecule has 0 bridgehead atoms. The van der Waals surface area contributed by atoms with Gasteiger partial charge in [0, 0.05) is 29.9 Å². The van der Waals surface area contributed by atoms with E-state index in [0.717, 1.165) is 17.1 Å². The van der Waals surface area contributed by atoms with Crippen LogP contribution in [0.5, 0.6) is 0 Å². The lowest BCUT2D eigenvalue weighted by atomic mass is 10.1. The highest BCUT2D eigenvalue weighted by Crippen LogP contribution is 2.18. The van der Waals surface area contributed by atoms with Crippen molar-refractivity contribution in [2.24, 2.45) is 7.05 Å². The van der Waals surface area contributed by atoms with E-state index in [4.69, 9.17) is 0 Å². The van der Waals surface area contributed by atoms with Crippen LogP contribution in [0.1, 0.15) is 23.1 Å². The van der Waals surface area contributed by atoms with E-state index >= 15 is 0 Å². The Kier molecular flexibility index (Phi) is 4.20. The molecule has 0 aliphatic heterocycles. The molecule has 4 heteroatoms. The van der Waals surface area contributed by atoms with E-state index in [-0.39, 0.29) is 5.78 Å². The normalized spacial score (nSPS) is 10.6. The third-order valence-electron chi connectivity index (χ3n) is 2.73. The number of imidazole rings is 1. The van der Waals surface area contributed by atoms with Crippen LogP contribution in [0.25, 0.3) is 0 Å². The first-order chi connectivity index (χ1) is 8.70. The van der Waals surface area contributed by atoms with E-state index in [1.807, 2.05) is 42.1 Å². The maximum Gasteiger partial charge on any atom is 0.170 e. The van der Waals surface area contributed by atoms with Crippen LogP contribution in [0.3, 0.4) is 0 Å². The molecule has 1 heterocycles. The second kappa shape index (κ2) is 5.87. The number of rotatable bonds is 5. The summed E-state index contributed by atoms with van der Waals surface area (Å²) in [5.74, 6) is 1.95. The van der Waals surface area contributed by atoms with Crippen LogP contribution in [0.15, 0.2) is 41.6 Å². The summed E-state index contributed by atoms with van der Waals surface area (Å²) in [5.41, 5.74) is 0.749. The fourth-order valence-electron chi connectivity index (χ4n) is 1.72. The number of carbonyl (C=O) groups is 1. The van der Waals surface area contributed by atoms with Gasteiger partial charge in [-0.25, -0.2) is 4.98 Å². The molecule has 0 aliphatic rings. The van der Waals surface area contributed by atoms with Gasteiger partial charge in [0.2, 0.25) is 0 Å². The number of ketones is 1. The molecule has 1 aromatic carbocycles. The maximum absolute atomic E-state index is 12.1. The molecule has 2 rings (SSSR count). The van der Waals surface area contributed by atoms with Gasteiger partial charge in [0.15, 0.2) is 5.78 Å². The molecule has 94 valence electrons. The molecule has 0 radical (unpaired) electrons. The van der Waals surface area contributed by atoms with Crippen LogP contribution in [0.4, 0.5) is 0 Å². The van der Waals surface area contributed by atoms with Gasteiger partial charge in [-0.2, -0.15) is 0 Å². The lowest BCUT2D eigenvalue weighted by molar-refractivity contribution is 0.0990. The van der Waals surface area contributed by atoms with E-state index in [9.17, 15) is 4.79 Å². The minimum Gasteiger partial charge on any atom is -0.338 e. The highest BCUT2D eigenvalue weighted by molar-refractivity contribution is 7.99. The zero-order valence-electron chi connectivity index (χ0n) is 10.6. The van der Waals surface area contributed by atoms with Crippen molar-refractivity contribution in [1.29, 1.82) is 0 Å². The Hall–Kier alpha value is -1.55. The number of aryl methyl sites for hydroxylation is 1. The molecular formula is C14H16N2OS. The van der Waals surface area contributed by atoms with E-state index < -0.39 is 0 Å². The smallest absolute Gasteiger partial charge is 0.170 e. The summed E-state index contributed by atoms with van der Waals surface area (Å²) in [6.45, 7) is 2.12. The van der Waals surface area contributed by atoms with Gasteiger partial charge in [0.25, 0.3) is 0 Å². The summed E-state index contributed by atoms with van der Waals surface area (Å²) in [6, 6.07) is 7.78. The minimum absolute atomic E-state index is 0.109. The van der Waals surface area contributed by atoms with Crippen molar-refractivity contribution in [1.82, 2.24) is 9.55 Å². The molecule has 0 aliphatic carbocycles. The van der Waals surface area contributed by atoms with E-state index in [2.05, 4.69) is 11.9 Å². The van der Waals surface area contributed by atoms with Gasteiger partial charge in [-0.3, -0.25) is 4.79 Å². The lowest BCUT2D eigenvalue weighted by Gasteiger charge is -2.03. The van der Waals surface area contributed by atoms with Crippen molar-refractivity contribution in [2.75, 3.05) is 5.75 Å². The molecule has 0 N–H and O–H groups in total. The molecule has 0 saturated heterocycles. The van der Waals surface area contributed by atoms with Gasteiger partial charge in [0.1, 0.15) is 5.82 Å². The molecule has 0 saturated carbocycles. The third kappa shape index (κ3) is 3.01. The molecular weight excluding hydrogens is 244 g/mol. The summed E-state index contributed by atoms with van der Waals surface area (Å²) in [7, 11) is 1.90. The summed E-state index contributed by atoms with van der Waals surface area (Å²) in [4.78, 5) is 17.4. The number of thioether (sulfide) groups is 1. The first-order valence-corrected chi connectivity index (χ1v) is 6.91. The fourth-order valence-corrected chi connectivity index (χ4v) is 2.38. The average Bonchev–Trinajstić information content (AvgIpc) is 2.76. The molecule has 0 fully saturated rings. The second-order valence-corrected chi connectivity index (χ2v) is 5.35. The van der Waals surface area contributed by atoms with Crippen molar-refractivity contribution >= 4 is 17.5 Å². The standard InChI is InChI=1S/C14H16N2OS/c1-3-18-12-6-4-11(5-7-12)13(17)10-14-15-8-9-16(14)2/h4-9H,3,10H2,1-2H3. The SMILES string of the molecule is CCSc1ccc(C(=O)Cc2nccn2C)cc1. The number of hydrogen-bond acceptors (Lipinski definition) is 3. The summed E-state index contributed by atoms with van der Waals surface area (Å²) >= 11 is 1.78. The highest BCUT2D eigenvalue weighted by atomic mass is 32.2. The van der Waals surface area contributed by atoms with Gasteiger partial charge in [0.05, 0.1) is 6.42 Å². The highest BCUT2D eigenvalue weighted by Gasteiger charge is 2.09. The van der Waals surface area contributed by atoms with Crippen LogP contribution in [-0.2, 0) is 13.5 Å². The first-order valence-electron chi connectivity index (χ1n) is 5.93. The predicted octanol–water partition coefficient (Wildman–Crippen LogP) is 2.96. The number of nitrogens with zero attached hydrogens (tertiary/aromatic N) is 2. The monoisotopic (exact) mass is 260 g/mol. The van der Waals surface area contributed by atoms with Gasteiger partial charge in [-0.05, 0) is 17.9 Å². The van der Waals surface area contributed by atoms with Crippen LogP contribution in [0, 0.1) is 0 Å². The Labute approximate surface area is 111 Å². The summed E-state index contributed by atoms with van der Waals surface area (Å²) in [5, 5.41) is 0. The van der Waals surface area contributed by atoms with Crippen molar-refractivity contribution in [3.63, 3.8) is 0 Å². The Morgan fingerprint density at radius 1 is 1.33 bits per heavy atom. The van der Waals surface area contributed by atoms with Gasteiger partial charge in [-0.15, -0.1) is 11.8 Å². The second-order valence-electron chi connectivity index (χ2n) is 4.01. The van der Waals surface area contributed by atoms with E-state index in [1.165, 1.54) is 4.90 Å². The third-order valence-corrected chi connectivity index (χ3v) is 3.62. The van der Waals surface area contributed by atoms with Gasteiger partial charge in [-0.1, -0.05) is 19.1 Å². The average molecular weight is 260 g/mol. The first kappa shape index (κ1) is 12.9. The number of carbonyl (C=O) groups excluding carboxylic acids is 1. The Balaban J connectivity index is 2.07. The maximum atomic E-state index is 12.1. The van der Waals surface area contributed by atoms with Crippen LogP contribution < -0.4 is 0 Å². The van der Waals surface area contributed by atoms with Crippen molar-refractivity contribution in [3.8, 4) is 0 Å². The Bertz CT molecular complexity index is 531. The van der Waals surface area contributed by atoms with Crippen molar-refractivity contribution in [3.05, 3.63) is 48.0 Å². The molecule has 0 amide bonds. The minimum atomic E-state index is 0.109. The summed E-state index contributed by atoms with van der Waals surface area (Å²) < 4.78 is 1.87. The molecule has 3 nitrogen and oxygen atoms in total. The molecule has 2 aromatic rings. The van der Waals surface area contributed by atoms with E-state index in [1.54, 1.807) is 18.0 Å². The largest absolute Gasteiger partial charge is 0.338 e. The molecule has 0 spiro atoms. The van der Waals surface area contributed by atoms with Gasteiger partial charge >= 0.3 is 0 Å². The lowest BCUT2D eigenvalue weighted by Crippen LogP contribution is -2.08. The molecule has 0 unspecified atom stereocenters. The summed E-state index contributed by atoms with van der Waals surface area (Å²) in [6.07, 6.45) is 3.91. The van der Waals surface area contributed by atoms with Crippen molar-refractivity contribution < 1.29 is 4.79 Å². The quantitative estimate of drug-likeness (QED) is 0.612. The number of benzene rings is 1. The number of hydrogen-bond donors (Lipinski definition) is 0. The van der Waals surface area contributed by atoms with Gasteiger partial charge < -0.3 is 4.57 Å².